The molecule has 0 saturated carbocycles. The molecule has 0 N–H and O–H groups in total. The molecule has 0 spiro atoms. The van der Waals surface area contributed by atoms with Gasteiger partial charge >= 0.3 is 7.87 Å². The smallest absolute Gasteiger partial charge is 0.357 e. The summed E-state index contributed by atoms with van der Waals surface area (Å²) >= 11 is 0. The summed E-state index contributed by atoms with van der Waals surface area (Å²) in [6, 6.07) is 0. The molecule has 0 radical (unpaired) electrons. The van der Waals surface area contributed by atoms with E-state index in [0.717, 1.165) is 0 Å². The van der Waals surface area contributed by atoms with Crippen molar-refractivity contribution in [3.05, 3.63) is 0 Å². The van der Waals surface area contributed by atoms with Crippen molar-refractivity contribution in [2.75, 3.05) is 78.5 Å². The van der Waals surface area contributed by atoms with Gasteiger partial charge in [-0.3, -0.25) is 0 Å². The van der Waals surface area contributed by atoms with E-state index in [1.807, 2.05) is 0 Å². The van der Waals surface area contributed by atoms with E-state index in [4.69, 9.17) is 4.52 Å². The summed E-state index contributed by atoms with van der Waals surface area (Å²) in [6.45, 7) is 15.4. The third-order valence-electron chi connectivity index (χ3n) is 9.01. The van der Waals surface area contributed by atoms with Gasteiger partial charge in [0.05, 0.1) is 0 Å². The average Bonchev–Trinajstić information content (AvgIpc) is 3.72. The molecule has 6 rings (SSSR count). The molecule has 0 unspecified atom stereocenters. The van der Waals surface area contributed by atoms with Crippen LogP contribution in [0.5, 0.6) is 0 Å². The van der Waals surface area contributed by atoms with E-state index in [-0.39, 0.29) is 12.4 Å². The van der Waals surface area contributed by atoms with Crippen LogP contribution in [0.2, 0.25) is 0 Å². The maximum absolute atomic E-state index is 6.61. The van der Waals surface area contributed by atoms with E-state index < -0.39 is 15.4 Å². The lowest BCUT2D eigenvalue weighted by Crippen LogP contribution is -3.00. The SMILES string of the molecule is C1CCN(P(=N[P+](N2CCCC2)(N2CCCC2)N2CCCC2)(N2CCCC2)N2CCCC2)C1.[Cl-]. The third kappa shape index (κ3) is 4.58. The van der Waals surface area contributed by atoms with Crippen LogP contribution in [0.4, 0.5) is 0 Å². The van der Waals surface area contributed by atoms with Gasteiger partial charge in [0.1, 0.15) is 0 Å². The van der Waals surface area contributed by atoms with Crippen LogP contribution >= 0.6 is 15.4 Å². The molecule has 7 nitrogen and oxygen atoms in total. The maximum atomic E-state index is 6.61. The lowest BCUT2D eigenvalue weighted by molar-refractivity contribution is -0.00000750. The molecule has 0 aromatic rings. The van der Waals surface area contributed by atoms with E-state index in [2.05, 4.69) is 28.0 Å². The largest absolute Gasteiger partial charge is 1.00 e. The Balaban J connectivity index is 0.00000241. The summed E-state index contributed by atoms with van der Waals surface area (Å²) in [4.78, 5) is 0. The van der Waals surface area contributed by atoms with Crippen LogP contribution in [0, 0.1) is 0 Å². The van der Waals surface area contributed by atoms with Crippen molar-refractivity contribution in [1.82, 2.24) is 28.0 Å². The number of hydrogen-bond acceptors (Lipinski definition) is 4. The van der Waals surface area contributed by atoms with Crippen LogP contribution in [-0.2, 0) is 0 Å². The predicted molar refractivity (Wildman–Crippen MR) is 141 cm³/mol. The molecule has 196 valence electrons. The van der Waals surface area contributed by atoms with Gasteiger partial charge in [-0.15, -0.1) is 14.0 Å². The minimum atomic E-state index is -1.87. The van der Waals surface area contributed by atoms with Crippen LogP contribution in [0.1, 0.15) is 77.0 Å². The first-order valence-electron chi connectivity index (χ1n) is 14.4. The lowest BCUT2D eigenvalue weighted by atomic mass is 10.4. The topological polar surface area (TPSA) is 31.8 Å². The Morgan fingerprint density at radius 1 is 0.382 bits per heavy atom. The van der Waals surface area contributed by atoms with Crippen molar-refractivity contribution >= 4 is 15.4 Å². The van der Waals surface area contributed by atoms with Crippen LogP contribution in [0.15, 0.2) is 4.52 Å². The van der Waals surface area contributed by atoms with Crippen molar-refractivity contribution in [3.8, 4) is 0 Å². The Morgan fingerprint density at radius 2 is 0.618 bits per heavy atom. The van der Waals surface area contributed by atoms with Gasteiger partial charge in [-0.1, -0.05) is 0 Å². The molecule has 0 bridgehead atoms. The molecule has 0 aliphatic carbocycles. The second-order valence-corrected chi connectivity index (χ2v) is 17.4. The van der Waals surface area contributed by atoms with Crippen LogP contribution in [0.3, 0.4) is 0 Å². The van der Waals surface area contributed by atoms with Gasteiger partial charge in [-0.2, -0.15) is 0 Å². The summed E-state index contributed by atoms with van der Waals surface area (Å²) in [5.41, 5.74) is 0. The highest BCUT2D eigenvalue weighted by Gasteiger charge is 2.62. The van der Waals surface area contributed by atoms with Gasteiger partial charge in [0, 0.05) is 78.5 Å². The third-order valence-corrected chi connectivity index (χ3v) is 17.9. The summed E-state index contributed by atoms with van der Waals surface area (Å²) in [5, 5.41) is 0. The first kappa shape index (κ1) is 26.3. The Labute approximate surface area is 215 Å². The number of hydrogen-bond donors (Lipinski definition) is 0. The molecular weight excluding hydrogens is 484 g/mol. The normalized spacial score (nSPS) is 29.5. The molecule has 0 aromatic heterocycles. The zero-order valence-corrected chi connectivity index (χ0v) is 23.9. The van der Waals surface area contributed by atoms with Gasteiger partial charge in [0.2, 0.25) is 7.51 Å². The van der Waals surface area contributed by atoms with E-state index in [1.165, 1.54) is 156 Å². The fraction of sp³-hybridized carbons (Fsp3) is 1.00. The zero-order chi connectivity index (χ0) is 22.1. The molecule has 10 heteroatoms. The molecule has 6 aliphatic rings. The number of nitrogens with zero attached hydrogens (tertiary/aromatic N) is 7. The molecule has 6 aliphatic heterocycles. The summed E-state index contributed by atoms with van der Waals surface area (Å²) < 4.78 is 24.4. The molecule has 6 saturated heterocycles. The summed E-state index contributed by atoms with van der Waals surface area (Å²) in [7, 11) is -3.74. The van der Waals surface area contributed by atoms with E-state index in [9.17, 15) is 0 Å². The number of halogens is 1. The minimum absolute atomic E-state index is 0. The van der Waals surface area contributed by atoms with Crippen molar-refractivity contribution < 1.29 is 12.4 Å². The number of rotatable bonds is 7. The Morgan fingerprint density at radius 3 is 0.882 bits per heavy atom. The Kier molecular flexibility index (Phi) is 9.00. The maximum Gasteiger partial charge on any atom is 0.357 e. The summed E-state index contributed by atoms with van der Waals surface area (Å²) in [5.74, 6) is 0. The molecule has 0 atom stereocenters. The second kappa shape index (κ2) is 11.6. The van der Waals surface area contributed by atoms with Crippen molar-refractivity contribution in [1.29, 1.82) is 0 Å². The Bertz CT molecular complexity index is 616. The highest BCUT2D eigenvalue weighted by atomic mass is 35.5. The first-order valence-corrected chi connectivity index (χ1v) is 17.6. The zero-order valence-electron chi connectivity index (χ0n) is 21.4. The van der Waals surface area contributed by atoms with Gasteiger partial charge in [0.15, 0.2) is 0 Å². The fourth-order valence-electron chi connectivity index (χ4n) is 7.39. The Hall–Kier alpha value is 0.710. The molecule has 6 fully saturated rings. The van der Waals surface area contributed by atoms with Gasteiger partial charge < -0.3 is 12.4 Å². The van der Waals surface area contributed by atoms with E-state index in [0.29, 0.717) is 0 Å². The van der Waals surface area contributed by atoms with E-state index >= 15 is 0 Å². The average molecular weight is 532 g/mol. The van der Waals surface area contributed by atoms with Crippen LogP contribution < -0.4 is 12.4 Å². The highest BCUT2D eigenvalue weighted by molar-refractivity contribution is 7.75. The van der Waals surface area contributed by atoms with Crippen molar-refractivity contribution in [2.45, 2.75) is 77.0 Å². The van der Waals surface area contributed by atoms with Crippen molar-refractivity contribution in [2.24, 2.45) is 4.52 Å². The van der Waals surface area contributed by atoms with Gasteiger partial charge in [-0.25, -0.2) is 14.0 Å². The fourth-order valence-corrected chi connectivity index (χ4v) is 18.5. The first-order chi connectivity index (χ1) is 16.3. The molecule has 34 heavy (non-hydrogen) atoms. The van der Waals surface area contributed by atoms with Gasteiger partial charge in [-0.05, 0) is 81.6 Å². The molecular formula is C24H48ClN7P2. The van der Waals surface area contributed by atoms with Crippen LogP contribution in [0.25, 0.3) is 0 Å². The minimum Gasteiger partial charge on any atom is -1.00 e. The molecule has 0 aromatic carbocycles. The second-order valence-electron chi connectivity index (χ2n) is 11.1. The van der Waals surface area contributed by atoms with Crippen LogP contribution in [-0.4, -0.2) is 107 Å². The van der Waals surface area contributed by atoms with Crippen molar-refractivity contribution in [3.63, 3.8) is 0 Å². The standard InChI is InChI=1S/C24H48N7P2.ClH/c1-2-14-26(13-1)32(27-15-3-4-16-27,28-17-5-6-18-28)25-33(29-19-7-8-20-29,30-21-9-10-22-30)31-23-11-12-24-31;/h1-24H2;1H/q+1;/p-1. The summed E-state index contributed by atoms with van der Waals surface area (Å²) in [6.07, 6.45) is 16.5. The monoisotopic (exact) mass is 531 g/mol. The quantitative estimate of drug-likeness (QED) is 0.468. The molecule has 0 amide bonds. The van der Waals surface area contributed by atoms with E-state index in [1.54, 1.807) is 0 Å². The predicted octanol–water partition coefficient (Wildman–Crippen LogP) is 2.19. The highest BCUT2D eigenvalue weighted by Crippen LogP contribution is 2.79. The van der Waals surface area contributed by atoms with Gasteiger partial charge in [0.25, 0.3) is 0 Å². The lowest BCUT2D eigenvalue weighted by Gasteiger charge is -2.48. The molecule has 6 heterocycles.